The molecule has 18 heavy (non-hydrogen) atoms. The van der Waals surface area contributed by atoms with Crippen molar-refractivity contribution >= 4 is 5.97 Å². The summed E-state index contributed by atoms with van der Waals surface area (Å²) in [6, 6.07) is 6.25. The molecule has 98 valence electrons. The van der Waals surface area contributed by atoms with Crippen molar-refractivity contribution in [1.82, 2.24) is 4.90 Å². The van der Waals surface area contributed by atoms with Gasteiger partial charge in [0.2, 0.25) is 0 Å². The van der Waals surface area contributed by atoms with Crippen molar-refractivity contribution in [2.24, 2.45) is 0 Å². The zero-order valence-corrected chi connectivity index (χ0v) is 10.3. The van der Waals surface area contributed by atoms with Gasteiger partial charge in [-0.1, -0.05) is 12.1 Å². The van der Waals surface area contributed by atoms with E-state index in [1.807, 2.05) is 4.90 Å². The Balaban J connectivity index is 1.98. The number of hydrogen-bond acceptors (Lipinski definition) is 4. The third-order valence-electron chi connectivity index (χ3n) is 2.97. The first kappa shape index (κ1) is 13.0. The highest BCUT2D eigenvalue weighted by molar-refractivity contribution is 5.71. The van der Waals surface area contributed by atoms with Crippen molar-refractivity contribution < 1.29 is 18.7 Å². The van der Waals surface area contributed by atoms with Gasteiger partial charge in [0.1, 0.15) is 5.82 Å². The second kappa shape index (κ2) is 5.93. The summed E-state index contributed by atoms with van der Waals surface area (Å²) in [5, 5.41) is 0. The molecule has 1 unspecified atom stereocenters. The van der Waals surface area contributed by atoms with E-state index in [9.17, 15) is 9.18 Å². The van der Waals surface area contributed by atoms with E-state index in [1.165, 1.54) is 19.2 Å². The summed E-state index contributed by atoms with van der Waals surface area (Å²) < 4.78 is 23.1. The monoisotopic (exact) mass is 253 g/mol. The van der Waals surface area contributed by atoms with Gasteiger partial charge in [-0.25, -0.2) is 4.39 Å². The molecule has 1 heterocycles. The lowest BCUT2D eigenvalue weighted by Gasteiger charge is -2.32. The lowest BCUT2D eigenvalue weighted by molar-refractivity contribution is -0.143. The van der Waals surface area contributed by atoms with Gasteiger partial charge in [-0.05, 0) is 17.7 Å². The summed E-state index contributed by atoms with van der Waals surface area (Å²) in [7, 11) is 1.38. The van der Waals surface area contributed by atoms with Crippen LogP contribution in [0.5, 0.6) is 0 Å². The SMILES string of the molecule is COC(=O)CN1CCOC(c2ccc(F)cc2)C1. The lowest BCUT2D eigenvalue weighted by Crippen LogP contribution is -2.41. The number of hydrogen-bond donors (Lipinski definition) is 0. The molecule has 0 aliphatic carbocycles. The smallest absolute Gasteiger partial charge is 0.319 e. The van der Waals surface area contributed by atoms with Gasteiger partial charge in [-0.15, -0.1) is 0 Å². The van der Waals surface area contributed by atoms with Gasteiger partial charge < -0.3 is 9.47 Å². The Kier molecular flexibility index (Phi) is 4.28. The van der Waals surface area contributed by atoms with E-state index in [4.69, 9.17) is 4.74 Å². The second-order valence-electron chi connectivity index (χ2n) is 4.22. The van der Waals surface area contributed by atoms with Crippen LogP contribution in [0.25, 0.3) is 0 Å². The standard InChI is InChI=1S/C13H16FNO3/c1-17-13(16)9-15-6-7-18-12(8-15)10-2-4-11(14)5-3-10/h2-5,12H,6-9H2,1H3. The molecule has 0 radical (unpaired) electrons. The first-order chi connectivity index (χ1) is 8.69. The fourth-order valence-corrected chi connectivity index (χ4v) is 1.97. The summed E-state index contributed by atoms with van der Waals surface area (Å²) >= 11 is 0. The molecule has 1 aliphatic rings. The second-order valence-corrected chi connectivity index (χ2v) is 4.22. The number of rotatable bonds is 3. The van der Waals surface area contributed by atoms with Crippen molar-refractivity contribution in [3.63, 3.8) is 0 Å². The predicted molar refractivity (Wildman–Crippen MR) is 63.5 cm³/mol. The normalized spacial score (nSPS) is 20.7. The molecule has 1 fully saturated rings. The van der Waals surface area contributed by atoms with Crippen LogP contribution in [-0.2, 0) is 14.3 Å². The Bertz CT molecular complexity index is 407. The number of morpholine rings is 1. The third-order valence-corrected chi connectivity index (χ3v) is 2.97. The fraction of sp³-hybridized carbons (Fsp3) is 0.462. The highest BCUT2D eigenvalue weighted by atomic mass is 19.1. The molecule has 1 aromatic carbocycles. The molecule has 0 amide bonds. The summed E-state index contributed by atoms with van der Waals surface area (Å²) in [6.45, 7) is 2.13. The van der Waals surface area contributed by atoms with Crippen LogP contribution < -0.4 is 0 Å². The maximum absolute atomic E-state index is 12.8. The topological polar surface area (TPSA) is 38.8 Å². The van der Waals surface area contributed by atoms with Crippen molar-refractivity contribution in [3.8, 4) is 0 Å². The van der Waals surface area contributed by atoms with Crippen molar-refractivity contribution in [2.45, 2.75) is 6.10 Å². The molecule has 0 N–H and O–H groups in total. The Hall–Kier alpha value is -1.46. The maximum Gasteiger partial charge on any atom is 0.319 e. The molecule has 2 rings (SSSR count). The van der Waals surface area contributed by atoms with E-state index in [0.29, 0.717) is 19.7 Å². The first-order valence-electron chi connectivity index (χ1n) is 5.85. The summed E-state index contributed by atoms with van der Waals surface area (Å²) in [5.74, 6) is -0.518. The van der Waals surface area contributed by atoms with Crippen molar-refractivity contribution in [1.29, 1.82) is 0 Å². The molecular weight excluding hydrogens is 237 g/mol. The van der Waals surface area contributed by atoms with E-state index in [-0.39, 0.29) is 24.4 Å². The zero-order valence-electron chi connectivity index (χ0n) is 10.3. The number of carbonyl (C=O) groups is 1. The van der Waals surface area contributed by atoms with E-state index in [1.54, 1.807) is 12.1 Å². The number of carbonyl (C=O) groups excluding carboxylic acids is 1. The summed E-state index contributed by atoms with van der Waals surface area (Å²) in [4.78, 5) is 13.2. The Morgan fingerprint density at radius 2 is 2.22 bits per heavy atom. The van der Waals surface area contributed by atoms with Crippen LogP contribution in [0.2, 0.25) is 0 Å². The predicted octanol–water partition coefficient (Wildman–Crippen LogP) is 1.37. The molecule has 5 heteroatoms. The molecule has 1 aliphatic heterocycles. The van der Waals surface area contributed by atoms with Gasteiger partial charge in [0.05, 0.1) is 26.4 Å². The fourth-order valence-electron chi connectivity index (χ4n) is 1.97. The highest BCUT2D eigenvalue weighted by Gasteiger charge is 2.23. The minimum absolute atomic E-state index is 0.121. The maximum atomic E-state index is 12.8. The van der Waals surface area contributed by atoms with Gasteiger partial charge in [-0.3, -0.25) is 9.69 Å². The molecule has 1 atom stereocenters. The largest absolute Gasteiger partial charge is 0.468 e. The summed E-state index contributed by atoms with van der Waals surface area (Å²) in [5.41, 5.74) is 0.922. The highest BCUT2D eigenvalue weighted by Crippen LogP contribution is 2.22. The molecule has 0 bridgehead atoms. The van der Waals surface area contributed by atoms with E-state index < -0.39 is 0 Å². The van der Waals surface area contributed by atoms with Crippen LogP contribution in [0.3, 0.4) is 0 Å². The first-order valence-corrected chi connectivity index (χ1v) is 5.85. The molecule has 1 aromatic rings. The minimum atomic E-state index is -0.263. The summed E-state index contributed by atoms with van der Waals surface area (Å²) in [6.07, 6.45) is -0.121. The number of esters is 1. The Morgan fingerprint density at radius 1 is 1.50 bits per heavy atom. The molecule has 0 aromatic heterocycles. The number of methoxy groups -OCH3 is 1. The third kappa shape index (κ3) is 3.27. The average Bonchev–Trinajstić information content (AvgIpc) is 2.40. The lowest BCUT2D eigenvalue weighted by atomic mass is 10.1. The van der Waals surface area contributed by atoms with Crippen LogP contribution in [-0.4, -0.2) is 44.2 Å². The van der Waals surface area contributed by atoms with Crippen LogP contribution in [0.15, 0.2) is 24.3 Å². The van der Waals surface area contributed by atoms with Gasteiger partial charge in [0.25, 0.3) is 0 Å². The molecule has 1 saturated heterocycles. The number of benzene rings is 1. The Morgan fingerprint density at radius 3 is 2.89 bits per heavy atom. The van der Waals surface area contributed by atoms with E-state index in [2.05, 4.69) is 4.74 Å². The van der Waals surface area contributed by atoms with Crippen molar-refractivity contribution in [2.75, 3.05) is 33.4 Å². The number of nitrogens with zero attached hydrogens (tertiary/aromatic N) is 1. The average molecular weight is 253 g/mol. The van der Waals surface area contributed by atoms with Crippen molar-refractivity contribution in [3.05, 3.63) is 35.6 Å². The van der Waals surface area contributed by atoms with Crippen LogP contribution >= 0.6 is 0 Å². The van der Waals surface area contributed by atoms with Crippen LogP contribution in [0.4, 0.5) is 4.39 Å². The van der Waals surface area contributed by atoms with Gasteiger partial charge in [0.15, 0.2) is 0 Å². The van der Waals surface area contributed by atoms with Crippen LogP contribution in [0.1, 0.15) is 11.7 Å². The van der Waals surface area contributed by atoms with E-state index in [0.717, 1.165) is 5.56 Å². The van der Waals surface area contributed by atoms with Gasteiger partial charge in [0, 0.05) is 13.1 Å². The molecule has 0 spiro atoms. The Labute approximate surface area is 105 Å². The quantitative estimate of drug-likeness (QED) is 0.763. The number of halogens is 1. The van der Waals surface area contributed by atoms with Gasteiger partial charge in [-0.2, -0.15) is 0 Å². The molecular formula is C13H16FNO3. The zero-order chi connectivity index (χ0) is 13.0. The minimum Gasteiger partial charge on any atom is -0.468 e. The van der Waals surface area contributed by atoms with E-state index >= 15 is 0 Å². The molecule has 4 nitrogen and oxygen atoms in total. The molecule has 0 saturated carbocycles. The van der Waals surface area contributed by atoms with Crippen LogP contribution in [0, 0.1) is 5.82 Å². The number of ether oxygens (including phenoxy) is 2. The van der Waals surface area contributed by atoms with Gasteiger partial charge >= 0.3 is 5.97 Å².